The van der Waals surface area contributed by atoms with Gasteiger partial charge in [-0.05, 0) is 0 Å². The summed E-state index contributed by atoms with van der Waals surface area (Å²) in [5.74, 6) is 1.02. The summed E-state index contributed by atoms with van der Waals surface area (Å²) in [6.07, 6.45) is 0. The Bertz CT molecular complexity index is 597. The molecular formula is C13H20N2O5S. The summed E-state index contributed by atoms with van der Waals surface area (Å²) in [5.41, 5.74) is 0. The number of rotatable bonds is 5. The molecule has 0 aromatic heterocycles. The molecular weight excluding hydrogens is 296 g/mol. The van der Waals surface area contributed by atoms with Crippen molar-refractivity contribution < 1.29 is 22.6 Å². The summed E-state index contributed by atoms with van der Waals surface area (Å²) < 4.78 is 42.5. The first-order valence-electron chi connectivity index (χ1n) is 6.55. The molecule has 1 aromatic rings. The number of hydrogen-bond donors (Lipinski definition) is 1. The number of benzene rings is 1. The van der Waals surface area contributed by atoms with Gasteiger partial charge in [0.05, 0.1) is 21.3 Å². The fourth-order valence-electron chi connectivity index (χ4n) is 2.23. The quantitative estimate of drug-likeness (QED) is 0.842. The number of methoxy groups -OCH3 is 3. The average molecular weight is 316 g/mol. The van der Waals surface area contributed by atoms with Crippen molar-refractivity contribution in [1.29, 1.82) is 0 Å². The summed E-state index contributed by atoms with van der Waals surface area (Å²) >= 11 is 0. The van der Waals surface area contributed by atoms with Crippen LogP contribution >= 0.6 is 0 Å². The standard InChI is InChI=1S/C13H20N2O5S/c1-18-10-8-12(20-3)13(9-11(10)19-2)21(16,17)15-6-4-14-5-7-15/h8-9,14H,4-7H2,1-3H3. The lowest BCUT2D eigenvalue weighted by Gasteiger charge is -2.27. The third kappa shape index (κ3) is 3.07. The molecule has 1 aromatic carbocycles. The van der Waals surface area contributed by atoms with Crippen LogP contribution in [-0.2, 0) is 10.0 Å². The van der Waals surface area contributed by atoms with Crippen LogP contribution < -0.4 is 19.5 Å². The Morgan fingerprint density at radius 1 is 0.952 bits per heavy atom. The van der Waals surface area contributed by atoms with Crippen LogP contribution in [0.15, 0.2) is 17.0 Å². The summed E-state index contributed by atoms with van der Waals surface area (Å²) in [5, 5.41) is 3.13. The van der Waals surface area contributed by atoms with E-state index in [1.165, 1.54) is 37.8 Å². The molecule has 1 fully saturated rings. The van der Waals surface area contributed by atoms with Gasteiger partial charge in [0, 0.05) is 38.3 Å². The van der Waals surface area contributed by atoms with Crippen LogP contribution in [0.5, 0.6) is 17.2 Å². The summed E-state index contributed by atoms with van der Waals surface area (Å²) in [7, 11) is 0.751. The molecule has 0 saturated carbocycles. The topological polar surface area (TPSA) is 77.1 Å². The maximum Gasteiger partial charge on any atom is 0.246 e. The summed E-state index contributed by atoms with van der Waals surface area (Å²) in [6.45, 7) is 2.13. The van der Waals surface area contributed by atoms with Crippen molar-refractivity contribution in [2.45, 2.75) is 4.90 Å². The zero-order valence-electron chi connectivity index (χ0n) is 12.4. The maximum atomic E-state index is 12.8. The van der Waals surface area contributed by atoms with Gasteiger partial charge in [-0.15, -0.1) is 0 Å². The van der Waals surface area contributed by atoms with Gasteiger partial charge in [0.2, 0.25) is 10.0 Å². The lowest BCUT2D eigenvalue weighted by Crippen LogP contribution is -2.46. The Balaban J connectivity index is 2.50. The zero-order chi connectivity index (χ0) is 15.5. The molecule has 0 radical (unpaired) electrons. The minimum atomic E-state index is -3.63. The fourth-order valence-corrected chi connectivity index (χ4v) is 3.82. The van der Waals surface area contributed by atoms with Gasteiger partial charge in [-0.25, -0.2) is 8.42 Å². The number of ether oxygens (including phenoxy) is 3. The van der Waals surface area contributed by atoms with Gasteiger partial charge in [0.15, 0.2) is 11.5 Å². The molecule has 7 nitrogen and oxygen atoms in total. The largest absolute Gasteiger partial charge is 0.495 e. The van der Waals surface area contributed by atoms with Crippen LogP contribution in [0.1, 0.15) is 0 Å². The van der Waals surface area contributed by atoms with Gasteiger partial charge in [-0.2, -0.15) is 4.31 Å². The SMILES string of the molecule is COc1cc(OC)c(S(=O)(=O)N2CCNCC2)cc1OC. The van der Waals surface area contributed by atoms with E-state index in [-0.39, 0.29) is 10.6 Å². The van der Waals surface area contributed by atoms with E-state index in [0.717, 1.165) is 0 Å². The molecule has 0 aliphatic carbocycles. The van der Waals surface area contributed by atoms with Crippen LogP contribution in [0.3, 0.4) is 0 Å². The van der Waals surface area contributed by atoms with Crippen molar-refractivity contribution in [3.63, 3.8) is 0 Å². The Labute approximate surface area is 124 Å². The first kappa shape index (κ1) is 15.9. The Hall–Kier alpha value is -1.51. The van der Waals surface area contributed by atoms with Crippen molar-refractivity contribution in [3.05, 3.63) is 12.1 Å². The van der Waals surface area contributed by atoms with Crippen molar-refractivity contribution in [2.75, 3.05) is 47.5 Å². The molecule has 21 heavy (non-hydrogen) atoms. The highest BCUT2D eigenvalue weighted by atomic mass is 32.2. The highest BCUT2D eigenvalue weighted by Gasteiger charge is 2.30. The van der Waals surface area contributed by atoms with Gasteiger partial charge in [-0.1, -0.05) is 0 Å². The van der Waals surface area contributed by atoms with Gasteiger partial charge in [0.25, 0.3) is 0 Å². The van der Waals surface area contributed by atoms with E-state index < -0.39 is 10.0 Å². The highest BCUT2D eigenvalue weighted by molar-refractivity contribution is 7.89. The molecule has 1 aliphatic heterocycles. The molecule has 1 saturated heterocycles. The van der Waals surface area contributed by atoms with Gasteiger partial charge >= 0.3 is 0 Å². The summed E-state index contributed by atoms with van der Waals surface area (Å²) in [6, 6.07) is 2.96. The zero-order valence-corrected chi connectivity index (χ0v) is 13.2. The summed E-state index contributed by atoms with van der Waals surface area (Å²) in [4.78, 5) is 0.0875. The number of sulfonamides is 1. The Morgan fingerprint density at radius 3 is 2.00 bits per heavy atom. The Kier molecular flexibility index (Phi) is 4.92. The molecule has 1 aliphatic rings. The molecule has 0 atom stereocenters. The number of piperazine rings is 1. The van der Waals surface area contributed by atoms with Crippen LogP contribution in [0.25, 0.3) is 0 Å². The lowest BCUT2D eigenvalue weighted by atomic mass is 10.3. The first-order valence-corrected chi connectivity index (χ1v) is 7.99. The minimum Gasteiger partial charge on any atom is -0.495 e. The van der Waals surface area contributed by atoms with E-state index in [1.807, 2.05) is 0 Å². The predicted octanol–water partition coefficient (Wildman–Crippen LogP) is 0.306. The molecule has 0 amide bonds. The van der Waals surface area contributed by atoms with E-state index in [9.17, 15) is 8.42 Å². The average Bonchev–Trinajstić information content (AvgIpc) is 2.54. The fraction of sp³-hybridized carbons (Fsp3) is 0.538. The normalized spacial score (nSPS) is 16.5. The van der Waals surface area contributed by atoms with Crippen molar-refractivity contribution in [3.8, 4) is 17.2 Å². The molecule has 0 unspecified atom stereocenters. The molecule has 8 heteroatoms. The second kappa shape index (κ2) is 6.50. The van der Waals surface area contributed by atoms with Gasteiger partial charge < -0.3 is 19.5 Å². The smallest absolute Gasteiger partial charge is 0.246 e. The second-order valence-electron chi connectivity index (χ2n) is 4.51. The Morgan fingerprint density at radius 2 is 1.48 bits per heavy atom. The number of nitrogens with zero attached hydrogens (tertiary/aromatic N) is 1. The molecule has 0 bridgehead atoms. The molecule has 1 heterocycles. The third-order valence-corrected chi connectivity index (χ3v) is 5.28. The van der Waals surface area contributed by atoms with Crippen molar-refractivity contribution in [2.24, 2.45) is 0 Å². The molecule has 0 spiro atoms. The highest BCUT2D eigenvalue weighted by Crippen LogP contribution is 2.38. The predicted molar refractivity (Wildman–Crippen MR) is 77.7 cm³/mol. The second-order valence-corrected chi connectivity index (χ2v) is 6.42. The monoisotopic (exact) mass is 316 g/mol. The van der Waals surface area contributed by atoms with E-state index in [2.05, 4.69) is 5.32 Å². The van der Waals surface area contributed by atoms with Crippen LogP contribution in [0, 0.1) is 0 Å². The molecule has 1 N–H and O–H groups in total. The molecule has 118 valence electrons. The maximum absolute atomic E-state index is 12.8. The number of nitrogens with one attached hydrogen (secondary N) is 1. The lowest BCUT2D eigenvalue weighted by molar-refractivity contribution is 0.339. The number of hydrogen-bond acceptors (Lipinski definition) is 6. The minimum absolute atomic E-state index is 0.0875. The van der Waals surface area contributed by atoms with E-state index in [1.54, 1.807) is 0 Å². The van der Waals surface area contributed by atoms with Gasteiger partial charge in [-0.3, -0.25) is 0 Å². The van der Waals surface area contributed by atoms with E-state index in [0.29, 0.717) is 37.7 Å². The third-order valence-electron chi connectivity index (χ3n) is 3.36. The van der Waals surface area contributed by atoms with E-state index in [4.69, 9.17) is 14.2 Å². The van der Waals surface area contributed by atoms with Crippen LogP contribution in [0.2, 0.25) is 0 Å². The first-order chi connectivity index (χ1) is 10.0. The van der Waals surface area contributed by atoms with Crippen molar-refractivity contribution >= 4 is 10.0 Å². The van der Waals surface area contributed by atoms with Crippen LogP contribution in [-0.4, -0.2) is 60.2 Å². The van der Waals surface area contributed by atoms with Crippen molar-refractivity contribution in [1.82, 2.24) is 9.62 Å². The molecule has 2 rings (SSSR count). The van der Waals surface area contributed by atoms with E-state index >= 15 is 0 Å². The van der Waals surface area contributed by atoms with Gasteiger partial charge in [0.1, 0.15) is 10.6 Å². The van der Waals surface area contributed by atoms with Crippen LogP contribution in [0.4, 0.5) is 0 Å².